The highest BCUT2D eigenvalue weighted by molar-refractivity contribution is 7.30. The zero-order valence-corrected chi connectivity index (χ0v) is 24.8. The number of aromatic nitrogens is 3. The maximum absolute atomic E-state index is 12.9. The van der Waals surface area contributed by atoms with E-state index < -0.39 is 23.8 Å². The van der Waals surface area contributed by atoms with Gasteiger partial charge in [0.05, 0.1) is 22.6 Å². The minimum absolute atomic E-state index is 0.0326. The van der Waals surface area contributed by atoms with Crippen LogP contribution >= 0.6 is 45.3 Å². The number of aryl methyl sites for hydroxylation is 2. The fraction of sp³-hybridized carbons (Fsp3) is 0.240. The summed E-state index contributed by atoms with van der Waals surface area (Å²) in [6, 6.07) is 4.54. The largest absolute Gasteiger partial charge is 0.462 e. The number of thiazole rings is 2. The van der Waals surface area contributed by atoms with Crippen LogP contribution in [0.25, 0.3) is 19.1 Å². The van der Waals surface area contributed by atoms with Crippen LogP contribution in [-0.4, -0.2) is 51.9 Å². The summed E-state index contributed by atoms with van der Waals surface area (Å²) in [5, 5.41) is 6.12. The van der Waals surface area contributed by atoms with E-state index in [1.54, 1.807) is 19.9 Å². The minimum Gasteiger partial charge on any atom is -0.462 e. The minimum atomic E-state index is -0.531. The molecule has 0 aromatic carbocycles. The number of anilines is 2. The van der Waals surface area contributed by atoms with Crippen LogP contribution in [0.15, 0.2) is 18.2 Å². The van der Waals surface area contributed by atoms with Crippen molar-refractivity contribution < 1.29 is 28.7 Å². The van der Waals surface area contributed by atoms with Crippen molar-refractivity contribution in [2.45, 2.75) is 27.7 Å². The number of amides is 2. The van der Waals surface area contributed by atoms with Gasteiger partial charge in [0, 0.05) is 0 Å². The fourth-order valence-corrected chi connectivity index (χ4v) is 8.09. The molecule has 2 amide bonds. The number of carbonyl (C=O) groups is 4. The summed E-state index contributed by atoms with van der Waals surface area (Å²) in [6.07, 6.45) is 0. The summed E-state index contributed by atoms with van der Waals surface area (Å²) in [5.74, 6) is -1.85. The molecule has 0 aliphatic rings. The SMILES string of the molecule is CCOC(=O)c1sc2nc(NC(=O)c3cccc(C(=O)Nc4nc5sc(C(=O)OCC)c(C)c5s4)n3)sc2c1C. The van der Waals surface area contributed by atoms with Gasteiger partial charge in [-0.25, -0.2) is 24.5 Å². The Bertz CT molecular complexity index is 1670. The number of pyridine rings is 1. The number of carbonyl (C=O) groups excluding carboxylic acids is 4. The molecule has 206 valence electrons. The Morgan fingerprint density at radius 2 is 1.12 bits per heavy atom. The van der Waals surface area contributed by atoms with Crippen LogP contribution in [0, 0.1) is 13.8 Å². The molecular weight excluding hydrogens is 595 g/mol. The van der Waals surface area contributed by atoms with Crippen LogP contribution in [0.5, 0.6) is 0 Å². The van der Waals surface area contributed by atoms with E-state index in [0.717, 1.165) is 20.5 Å². The third-order valence-corrected chi connectivity index (χ3v) is 10.3. The Kier molecular flexibility index (Phi) is 7.89. The predicted octanol–water partition coefficient (Wildman–Crippen LogP) is 5.90. The summed E-state index contributed by atoms with van der Waals surface area (Å²) in [4.78, 5) is 65.3. The standard InChI is InChI=1S/C25H21N5O6S4/c1-5-35-22(33)16-10(3)14-20(37-16)29-24(39-14)27-18(31)12-8-7-9-13(26-12)19(32)28-25-30-21-15(40-25)11(4)17(38-21)23(34)36-6-2/h7-9H,5-6H2,1-4H3,(H,27,29,31)(H,28,30,32). The first-order valence-electron chi connectivity index (χ1n) is 11.9. The molecule has 0 unspecified atom stereocenters. The van der Waals surface area contributed by atoms with Crippen molar-refractivity contribution >= 4 is 98.4 Å². The molecule has 0 saturated heterocycles. The predicted molar refractivity (Wildman–Crippen MR) is 157 cm³/mol. The van der Waals surface area contributed by atoms with Gasteiger partial charge in [-0.1, -0.05) is 28.7 Å². The van der Waals surface area contributed by atoms with Gasteiger partial charge in [0.25, 0.3) is 11.8 Å². The summed E-state index contributed by atoms with van der Waals surface area (Å²) in [6.45, 7) is 7.67. The zero-order valence-electron chi connectivity index (χ0n) is 21.6. The number of hydrogen-bond donors (Lipinski definition) is 2. The molecule has 5 heterocycles. The van der Waals surface area contributed by atoms with Crippen molar-refractivity contribution in [3.63, 3.8) is 0 Å². The molecule has 0 fully saturated rings. The Morgan fingerprint density at radius 1 is 0.700 bits per heavy atom. The molecule has 0 spiro atoms. The summed E-state index contributed by atoms with van der Waals surface area (Å²) in [5.41, 5.74) is 1.57. The molecule has 0 aliphatic heterocycles. The molecule has 0 bridgehead atoms. The van der Waals surface area contributed by atoms with Gasteiger partial charge in [-0.05, 0) is 51.0 Å². The van der Waals surface area contributed by atoms with Crippen LogP contribution in [-0.2, 0) is 9.47 Å². The van der Waals surface area contributed by atoms with Gasteiger partial charge in [0.15, 0.2) is 10.3 Å². The van der Waals surface area contributed by atoms with Crippen molar-refractivity contribution in [2.24, 2.45) is 0 Å². The Labute approximate surface area is 243 Å². The average Bonchev–Trinajstić information content (AvgIpc) is 3.66. The maximum atomic E-state index is 12.9. The van der Waals surface area contributed by atoms with E-state index in [1.807, 2.05) is 13.8 Å². The average molecular weight is 616 g/mol. The molecule has 15 heteroatoms. The van der Waals surface area contributed by atoms with E-state index >= 15 is 0 Å². The summed E-state index contributed by atoms with van der Waals surface area (Å²) in [7, 11) is 0. The smallest absolute Gasteiger partial charge is 0.348 e. The van der Waals surface area contributed by atoms with Gasteiger partial charge in [-0.2, -0.15) is 0 Å². The van der Waals surface area contributed by atoms with E-state index in [4.69, 9.17) is 9.47 Å². The van der Waals surface area contributed by atoms with Crippen molar-refractivity contribution in [2.75, 3.05) is 23.8 Å². The van der Waals surface area contributed by atoms with E-state index in [0.29, 0.717) is 29.7 Å². The van der Waals surface area contributed by atoms with Crippen molar-refractivity contribution in [3.8, 4) is 0 Å². The van der Waals surface area contributed by atoms with E-state index in [1.165, 1.54) is 57.5 Å². The van der Waals surface area contributed by atoms with Gasteiger partial charge in [-0.3, -0.25) is 20.2 Å². The van der Waals surface area contributed by atoms with Crippen LogP contribution in [0.1, 0.15) is 65.3 Å². The Hall–Kier alpha value is -3.79. The van der Waals surface area contributed by atoms with Crippen LogP contribution in [0.4, 0.5) is 10.3 Å². The third kappa shape index (κ3) is 5.32. The molecule has 11 nitrogen and oxygen atoms in total. The molecule has 2 N–H and O–H groups in total. The number of nitrogens with one attached hydrogen (secondary N) is 2. The lowest BCUT2D eigenvalue weighted by Crippen LogP contribution is -2.18. The van der Waals surface area contributed by atoms with Crippen LogP contribution in [0.2, 0.25) is 0 Å². The zero-order chi connectivity index (χ0) is 28.6. The van der Waals surface area contributed by atoms with E-state index in [9.17, 15) is 19.2 Å². The molecule has 5 aromatic rings. The van der Waals surface area contributed by atoms with Gasteiger partial charge < -0.3 is 9.47 Å². The topological polar surface area (TPSA) is 149 Å². The molecule has 0 aliphatic carbocycles. The van der Waals surface area contributed by atoms with Crippen LogP contribution in [0.3, 0.4) is 0 Å². The monoisotopic (exact) mass is 615 g/mol. The first-order chi connectivity index (χ1) is 19.2. The molecule has 0 atom stereocenters. The lowest BCUT2D eigenvalue weighted by Gasteiger charge is -2.04. The molecule has 5 rings (SSSR count). The summed E-state index contributed by atoms with van der Waals surface area (Å²) < 4.78 is 11.7. The Morgan fingerprint density at radius 3 is 1.50 bits per heavy atom. The molecule has 40 heavy (non-hydrogen) atoms. The van der Waals surface area contributed by atoms with Crippen LogP contribution < -0.4 is 10.6 Å². The number of rotatable bonds is 8. The fourth-order valence-electron chi connectivity index (χ4n) is 3.68. The number of ether oxygens (including phenoxy) is 2. The highest BCUT2D eigenvalue weighted by Gasteiger charge is 2.23. The van der Waals surface area contributed by atoms with Crippen molar-refractivity contribution in [3.05, 3.63) is 50.5 Å². The first kappa shape index (κ1) is 27.8. The number of fused-ring (bicyclic) bond motifs is 2. The third-order valence-electron chi connectivity index (χ3n) is 5.53. The molecule has 0 radical (unpaired) electrons. The van der Waals surface area contributed by atoms with Gasteiger partial charge in [0.2, 0.25) is 0 Å². The lowest BCUT2D eigenvalue weighted by molar-refractivity contribution is 0.0521. The highest BCUT2D eigenvalue weighted by Crippen LogP contribution is 2.38. The first-order valence-corrected chi connectivity index (χ1v) is 15.2. The molecule has 5 aromatic heterocycles. The lowest BCUT2D eigenvalue weighted by atomic mass is 10.3. The molecule has 0 saturated carbocycles. The van der Waals surface area contributed by atoms with Crippen molar-refractivity contribution in [1.29, 1.82) is 0 Å². The van der Waals surface area contributed by atoms with Crippen molar-refractivity contribution in [1.82, 2.24) is 15.0 Å². The summed E-state index contributed by atoms with van der Waals surface area (Å²) >= 11 is 4.90. The highest BCUT2D eigenvalue weighted by atomic mass is 32.1. The number of nitrogens with zero attached hydrogens (tertiary/aromatic N) is 3. The molecular formula is C25H21N5O6S4. The number of thiophene rings is 2. The normalized spacial score (nSPS) is 11.1. The quantitative estimate of drug-likeness (QED) is 0.203. The van der Waals surface area contributed by atoms with E-state index in [-0.39, 0.29) is 24.6 Å². The second-order valence-electron chi connectivity index (χ2n) is 8.18. The maximum Gasteiger partial charge on any atom is 0.348 e. The second kappa shape index (κ2) is 11.4. The number of esters is 2. The van der Waals surface area contributed by atoms with Gasteiger partial charge in [-0.15, -0.1) is 22.7 Å². The Balaban J connectivity index is 1.28. The second-order valence-corrected chi connectivity index (χ2v) is 12.2. The van der Waals surface area contributed by atoms with E-state index in [2.05, 4.69) is 25.6 Å². The number of hydrogen-bond acceptors (Lipinski definition) is 13. The van der Waals surface area contributed by atoms with Gasteiger partial charge in [0.1, 0.15) is 30.8 Å². The van der Waals surface area contributed by atoms with Gasteiger partial charge >= 0.3 is 11.9 Å².